The molecule has 0 aliphatic rings. The number of ether oxygens (including phenoxy) is 1. The number of carbonyl (C=O) groups excluding carboxylic acids is 1. The van der Waals surface area contributed by atoms with Crippen LogP contribution >= 0.6 is 15.9 Å². The summed E-state index contributed by atoms with van der Waals surface area (Å²) in [4.78, 5) is 12.0. The molecule has 1 amide bonds. The molecule has 5 heteroatoms. The molecular formula is C17H14BrNO3. The molecule has 22 heavy (non-hydrogen) atoms. The molecule has 0 aliphatic heterocycles. The highest BCUT2D eigenvalue weighted by atomic mass is 79.9. The second kappa shape index (κ2) is 6.66. The van der Waals surface area contributed by atoms with Gasteiger partial charge in [0.05, 0.1) is 6.54 Å². The van der Waals surface area contributed by atoms with E-state index < -0.39 is 0 Å². The van der Waals surface area contributed by atoms with Crippen LogP contribution in [-0.2, 0) is 0 Å². The largest absolute Gasteiger partial charge is 0.492 e. The zero-order valence-electron chi connectivity index (χ0n) is 11.7. The maximum Gasteiger partial charge on any atom is 0.287 e. The molecule has 0 saturated carbocycles. The van der Waals surface area contributed by atoms with Gasteiger partial charge in [-0.25, -0.2) is 0 Å². The van der Waals surface area contributed by atoms with Crippen LogP contribution in [0.25, 0.3) is 11.0 Å². The minimum Gasteiger partial charge on any atom is -0.492 e. The number of amides is 1. The van der Waals surface area contributed by atoms with E-state index in [2.05, 4.69) is 21.2 Å². The van der Waals surface area contributed by atoms with Gasteiger partial charge < -0.3 is 14.5 Å². The first kappa shape index (κ1) is 14.7. The summed E-state index contributed by atoms with van der Waals surface area (Å²) in [6.45, 7) is 0.815. The van der Waals surface area contributed by atoms with Gasteiger partial charge in [-0.3, -0.25) is 4.79 Å². The second-order valence-electron chi connectivity index (χ2n) is 4.71. The summed E-state index contributed by atoms with van der Waals surface area (Å²) in [5.74, 6) is 0.835. The van der Waals surface area contributed by atoms with Crippen LogP contribution < -0.4 is 10.1 Å². The van der Waals surface area contributed by atoms with E-state index in [9.17, 15) is 4.79 Å². The van der Waals surface area contributed by atoms with Crippen molar-refractivity contribution >= 4 is 32.8 Å². The lowest BCUT2D eigenvalue weighted by Crippen LogP contribution is -2.27. The highest BCUT2D eigenvalue weighted by Crippen LogP contribution is 2.23. The summed E-state index contributed by atoms with van der Waals surface area (Å²) in [6.07, 6.45) is 0. The lowest BCUT2D eigenvalue weighted by Gasteiger charge is -2.06. The van der Waals surface area contributed by atoms with E-state index in [4.69, 9.17) is 9.15 Å². The molecule has 0 radical (unpaired) electrons. The van der Waals surface area contributed by atoms with Crippen LogP contribution in [0.3, 0.4) is 0 Å². The topological polar surface area (TPSA) is 51.5 Å². The fourth-order valence-corrected chi connectivity index (χ4v) is 2.44. The van der Waals surface area contributed by atoms with Crippen molar-refractivity contribution in [2.24, 2.45) is 0 Å². The van der Waals surface area contributed by atoms with E-state index in [1.807, 2.05) is 48.5 Å². The number of hydrogen-bond donors (Lipinski definition) is 1. The number of para-hydroxylation sites is 1. The van der Waals surface area contributed by atoms with E-state index in [1.54, 1.807) is 6.07 Å². The van der Waals surface area contributed by atoms with Gasteiger partial charge in [0.15, 0.2) is 5.76 Å². The summed E-state index contributed by atoms with van der Waals surface area (Å²) in [5.41, 5.74) is 0.689. The number of nitrogens with one attached hydrogen (secondary N) is 1. The molecule has 0 aliphatic carbocycles. The molecule has 0 bridgehead atoms. The Morgan fingerprint density at radius 2 is 1.95 bits per heavy atom. The van der Waals surface area contributed by atoms with Crippen molar-refractivity contribution in [3.63, 3.8) is 0 Å². The van der Waals surface area contributed by atoms with Gasteiger partial charge in [-0.1, -0.05) is 34.1 Å². The van der Waals surface area contributed by atoms with Crippen LogP contribution in [0.1, 0.15) is 10.6 Å². The van der Waals surface area contributed by atoms with Crippen molar-refractivity contribution in [1.82, 2.24) is 5.32 Å². The quantitative estimate of drug-likeness (QED) is 0.700. The van der Waals surface area contributed by atoms with Crippen LogP contribution in [0.5, 0.6) is 5.75 Å². The third-order valence-electron chi connectivity index (χ3n) is 3.10. The number of benzene rings is 2. The molecule has 112 valence electrons. The van der Waals surface area contributed by atoms with Gasteiger partial charge in [-0.2, -0.15) is 0 Å². The summed E-state index contributed by atoms with van der Waals surface area (Å²) in [7, 11) is 0. The van der Waals surface area contributed by atoms with Gasteiger partial charge in [-0.15, -0.1) is 0 Å². The first-order valence-electron chi connectivity index (χ1n) is 6.87. The van der Waals surface area contributed by atoms with Gasteiger partial charge in [0.25, 0.3) is 5.91 Å². The molecule has 0 spiro atoms. The molecule has 0 unspecified atom stereocenters. The predicted molar refractivity (Wildman–Crippen MR) is 88.2 cm³/mol. The molecule has 0 atom stereocenters. The lowest BCUT2D eigenvalue weighted by molar-refractivity contribution is 0.0921. The second-order valence-corrected chi connectivity index (χ2v) is 5.63. The van der Waals surface area contributed by atoms with Gasteiger partial charge in [0.1, 0.15) is 17.9 Å². The highest BCUT2D eigenvalue weighted by molar-refractivity contribution is 9.10. The van der Waals surface area contributed by atoms with Crippen molar-refractivity contribution in [2.75, 3.05) is 13.2 Å². The van der Waals surface area contributed by atoms with Crippen molar-refractivity contribution < 1.29 is 13.9 Å². The average molecular weight is 360 g/mol. The maximum absolute atomic E-state index is 12.0. The summed E-state index contributed by atoms with van der Waals surface area (Å²) in [5, 5.41) is 3.66. The Morgan fingerprint density at radius 1 is 1.14 bits per heavy atom. The lowest BCUT2D eigenvalue weighted by atomic mass is 10.2. The molecule has 3 aromatic rings. The zero-order valence-corrected chi connectivity index (χ0v) is 13.3. The monoisotopic (exact) mass is 359 g/mol. The summed E-state index contributed by atoms with van der Waals surface area (Å²) >= 11 is 3.39. The average Bonchev–Trinajstić information content (AvgIpc) is 2.95. The van der Waals surface area contributed by atoms with E-state index in [1.165, 1.54) is 0 Å². The Morgan fingerprint density at radius 3 is 2.77 bits per heavy atom. The maximum atomic E-state index is 12.0. The van der Waals surface area contributed by atoms with Crippen molar-refractivity contribution in [3.05, 3.63) is 64.8 Å². The van der Waals surface area contributed by atoms with Crippen LogP contribution in [0.2, 0.25) is 0 Å². The van der Waals surface area contributed by atoms with E-state index in [0.29, 0.717) is 24.5 Å². The number of hydrogen-bond acceptors (Lipinski definition) is 3. The molecule has 4 nitrogen and oxygen atoms in total. The number of rotatable bonds is 5. The molecule has 1 heterocycles. The van der Waals surface area contributed by atoms with E-state index in [0.717, 1.165) is 15.6 Å². The summed E-state index contributed by atoms with van der Waals surface area (Å²) < 4.78 is 12.0. The van der Waals surface area contributed by atoms with Gasteiger partial charge >= 0.3 is 0 Å². The number of carbonyl (C=O) groups is 1. The third-order valence-corrected chi connectivity index (χ3v) is 3.59. The normalized spacial score (nSPS) is 10.6. The highest BCUT2D eigenvalue weighted by Gasteiger charge is 2.11. The Hall–Kier alpha value is -2.27. The minimum absolute atomic E-state index is 0.246. The van der Waals surface area contributed by atoms with Crippen LogP contribution in [0.4, 0.5) is 0 Å². The van der Waals surface area contributed by atoms with E-state index in [-0.39, 0.29) is 5.91 Å². The van der Waals surface area contributed by atoms with Crippen LogP contribution in [-0.4, -0.2) is 19.1 Å². The smallest absolute Gasteiger partial charge is 0.287 e. The Kier molecular flexibility index (Phi) is 4.44. The SMILES string of the molecule is O=C(NCCOc1ccccc1)c1cc2cc(Br)ccc2o1. The molecule has 0 fully saturated rings. The Balaban J connectivity index is 1.54. The fourth-order valence-electron chi connectivity index (χ4n) is 2.06. The van der Waals surface area contributed by atoms with Crippen molar-refractivity contribution in [3.8, 4) is 5.75 Å². The van der Waals surface area contributed by atoms with Crippen molar-refractivity contribution in [2.45, 2.75) is 0 Å². The van der Waals surface area contributed by atoms with Crippen molar-refractivity contribution in [1.29, 1.82) is 0 Å². The number of fused-ring (bicyclic) bond motifs is 1. The molecular weight excluding hydrogens is 346 g/mol. The van der Waals surface area contributed by atoms with E-state index >= 15 is 0 Å². The molecule has 0 saturated heterocycles. The third kappa shape index (κ3) is 3.49. The molecule has 1 N–H and O–H groups in total. The Bertz CT molecular complexity index is 783. The minimum atomic E-state index is -0.246. The number of furan rings is 1. The Labute approximate surface area is 136 Å². The molecule has 3 rings (SSSR count). The number of halogens is 1. The first-order chi connectivity index (χ1) is 10.7. The molecule has 1 aromatic heterocycles. The predicted octanol–water partition coefficient (Wildman–Crippen LogP) is 4.00. The van der Waals surface area contributed by atoms with Gasteiger partial charge in [-0.05, 0) is 36.4 Å². The fraction of sp³-hybridized carbons (Fsp3) is 0.118. The zero-order chi connectivity index (χ0) is 15.4. The summed E-state index contributed by atoms with van der Waals surface area (Å²) in [6, 6.07) is 16.8. The standard InChI is InChI=1S/C17H14BrNO3/c18-13-6-7-15-12(10-13)11-16(22-15)17(20)19-8-9-21-14-4-2-1-3-5-14/h1-7,10-11H,8-9H2,(H,19,20). The molecule has 2 aromatic carbocycles. The van der Waals surface area contributed by atoms with Crippen LogP contribution in [0.15, 0.2) is 63.5 Å². The van der Waals surface area contributed by atoms with Gasteiger partial charge in [0.2, 0.25) is 0 Å². The van der Waals surface area contributed by atoms with Gasteiger partial charge in [0, 0.05) is 9.86 Å². The first-order valence-corrected chi connectivity index (χ1v) is 7.67. The van der Waals surface area contributed by atoms with Crippen LogP contribution in [0, 0.1) is 0 Å².